The molecule has 0 aromatic carbocycles. The maximum absolute atomic E-state index is 11.4. The van der Waals surface area contributed by atoms with Crippen molar-refractivity contribution in [3.63, 3.8) is 0 Å². The highest BCUT2D eigenvalue weighted by Gasteiger charge is 2.38. The van der Waals surface area contributed by atoms with Crippen LogP contribution in [0.1, 0.15) is 53.4 Å². The van der Waals surface area contributed by atoms with Crippen LogP contribution in [0.5, 0.6) is 0 Å². The van der Waals surface area contributed by atoms with Gasteiger partial charge in [-0.1, -0.05) is 0 Å². The van der Waals surface area contributed by atoms with E-state index in [1.807, 2.05) is 27.7 Å². The molecule has 20 heavy (non-hydrogen) atoms. The highest BCUT2D eigenvalue weighted by Crippen LogP contribution is 2.34. The SMILES string of the molecule is CC(C)(C#N)CCCN1CCCC(C(C)(C)C(=O)O)C1. The van der Waals surface area contributed by atoms with Gasteiger partial charge in [-0.25, -0.2) is 0 Å². The summed E-state index contributed by atoms with van der Waals surface area (Å²) in [6.45, 7) is 10.5. The van der Waals surface area contributed by atoms with Gasteiger partial charge >= 0.3 is 5.97 Å². The van der Waals surface area contributed by atoms with Crippen molar-refractivity contribution in [1.82, 2.24) is 4.90 Å². The van der Waals surface area contributed by atoms with Gasteiger partial charge in [0.1, 0.15) is 0 Å². The molecule has 0 amide bonds. The molecular weight excluding hydrogens is 252 g/mol. The van der Waals surface area contributed by atoms with Crippen molar-refractivity contribution < 1.29 is 9.90 Å². The summed E-state index contributed by atoms with van der Waals surface area (Å²) in [5.74, 6) is -0.479. The zero-order chi connectivity index (χ0) is 15.4. The molecule has 0 saturated carbocycles. The molecule has 0 aromatic rings. The molecule has 0 bridgehead atoms. The minimum atomic E-state index is -0.699. The molecule has 0 aromatic heterocycles. The van der Waals surface area contributed by atoms with Crippen LogP contribution in [0.4, 0.5) is 0 Å². The lowest BCUT2D eigenvalue weighted by atomic mass is 9.74. The van der Waals surface area contributed by atoms with Gasteiger partial charge in [-0.2, -0.15) is 5.26 Å². The summed E-state index contributed by atoms with van der Waals surface area (Å²) in [5.41, 5.74) is -0.903. The number of nitrogens with zero attached hydrogens (tertiary/aromatic N) is 2. The number of aliphatic carboxylic acids is 1. The Labute approximate surface area is 122 Å². The van der Waals surface area contributed by atoms with Gasteiger partial charge < -0.3 is 10.0 Å². The predicted molar refractivity (Wildman–Crippen MR) is 79.2 cm³/mol. The first-order chi connectivity index (χ1) is 9.19. The third-order valence-corrected chi connectivity index (χ3v) is 4.66. The Morgan fingerprint density at radius 1 is 1.40 bits per heavy atom. The number of nitriles is 1. The zero-order valence-electron chi connectivity index (χ0n) is 13.3. The van der Waals surface area contributed by atoms with Crippen molar-refractivity contribution in [2.24, 2.45) is 16.7 Å². The molecule has 1 atom stereocenters. The normalized spacial score (nSPS) is 21.4. The molecule has 0 aliphatic carbocycles. The van der Waals surface area contributed by atoms with Crippen molar-refractivity contribution in [1.29, 1.82) is 5.26 Å². The van der Waals surface area contributed by atoms with E-state index >= 15 is 0 Å². The van der Waals surface area contributed by atoms with E-state index in [0.717, 1.165) is 45.3 Å². The van der Waals surface area contributed by atoms with Crippen LogP contribution in [0.15, 0.2) is 0 Å². The van der Waals surface area contributed by atoms with E-state index in [9.17, 15) is 9.90 Å². The Hall–Kier alpha value is -1.08. The van der Waals surface area contributed by atoms with Gasteiger partial charge in [-0.05, 0) is 72.4 Å². The molecule has 1 aliphatic heterocycles. The molecule has 1 saturated heterocycles. The minimum Gasteiger partial charge on any atom is -0.481 e. The predicted octanol–water partition coefficient (Wildman–Crippen LogP) is 3.14. The van der Waals surface area contributed by atoms with E-state index in [2.05, 4.69) is 11.0 Å². The topological polar surface area (TPSA) is 64.3 Å². The van der Waals surface area contributed by atoms with Gasteiger partial charge in [0.05, 0.1) is 16.9 Å². The number of likely N-dealkylation sites (tertiary alicyclic amines) is 1. The number of carbonyl (C=O) groups is 1. The van der Waals surface area contributed by atoms with Crippen LogP contribution in [-0.2, 0) is 4.79 Å². The summed E-state index contributed by atoms with van der Waals surface area (Å²) < 4.78 is 0. The number of hydrogen-bond acceptors (Lipinski definition) is 3. The maximum Gasteiger partial charge on any atom is 0.309 e. The van der Waals surface area contributed by atoms with Crippen LogP contribution in [-0.4, -0.2) is 35.6 Å². The summed E-state index contributed by atoms with van der Waals surface area (Å²) in [6, 6.07) is 2.33. The average molecular weight is 280 g/mol. The number of carboxylic acid groups (broad SMARTS) is 1. The van der Waals surface area contributed by atoms with Gasteiger partial charge in [0.2, 0.25) is 0 Å². The van der Waals surface area contributed by atoms with Crippen LogP contribution in [0.3, 0.4) is 0 Å². The Kier molecular flexibility index (Phi) is 5.59. The van der Waals surface area contributed by atoms with E-state index in [-0.39, 0.29) is 11.3 Å². The van der Waals surface area contributed by atoms with Gasteiger partial charge in [0.25, 0.3) is 0 Å². The van der Waals surface area contributed by atoms with Crippen LogP contribution in [0, 0.1) is 28.1 Å². The summed E-state index contributed by atoms with van der Waals surface area (Å²) in [7, 11) is 0. The van der Waals surface area contributed by atoms with Crippen LogP contribution in [0.2, 0.25) is 0 Å². The Balaban J connectivity index is 2.46. The highest BCUT2D eigenvalue weighted by molar-refractivity contribution is 5.74. The standard InChI is InChI=1S/C16H28N2O2/c1-15(2,12-17)8-6-10-18-9-5-7-13(11-18)16(3,4)14(19)20/h13H,5-11H2,1-4H3,(H,19,20). The minimum absolute atomic E-state index is 0.220. The van der Waals surface area contributed by atoms with Crippen LogP contribution < -0.4 is 0 Å². The van der Waals surface area contributed by atoms with E-state index in [4.69, 9.17) is 5.26 Å². The fourth-order valence-corrected chi connectivity index (χ4v) is 2.82. The highest BCUT2D eigenvalue weighted by atomic mass is 16.4. The quantitative estimate of drug-likeness (QED) is 0.811. The first-order valence-electron chi connectivity index (χ1n) is 7.56. The van der Waals surface area contributed by atoms with Gasteiger partial charge in [-0.15, -0.1) is 0 Å². The van der Waals surface area contributed by atoms with Gasteiger partial charge in [-0.3, -0.25) is 4.79 Å². The van der Waals surface area contributed by atoms with Crippen LogP contribution >= 0.6 is 0 Å². The summed E-state index contributed by atoms with van der Waals surface area (Å²) in [5, 5.41) is 18.4. The number of rotatable bonds is 6. The lowest BCUT2D eigenvalue weighted by Gasteiger charge is -2.39. The van der Waals surface area contributed by atoms with E-state index in [0.29, 0.717) is 0 Å². The number of piperidine rings is 1. The fraction of sp³-hybridized carbons (Fsp3) is 0.875. The smallest absolute Gasteiger partial charge is 0.309 e. The molecule has 4 nitrogen and oxygen atoms in total. The van der Waals surface area contributed by atoms with Crippen molar-refractivity contribution >= 4 is 5.97 Å². The second kappa shape index (κ2) is 6.58. The third kappa shape index (κ3) is 4.49. The average Bonchev–Trinajstić information content (AvgIpc) is 2.38. The lowest BCUT2D eigenvalue weighted by Crippen LogP contribution is -2.45. The maximum atomic E-state index is 11.4. The Morgan fingerprint density at radius 2 is 2.05 bits per heavy atom. The molecule has 1 unspecified atom stereocenters. The van der Waals surface area contributed by atoms with Gasteiger partial charge in [0, 0.05) is 6.54 Å². The second-order valence-electron chi connectivity index (χ2n) is 7.27. The Bertz CT molecular complexity index is 382. The molecule has 1 rings (SSSR count). The first-order valence-corrected chi connectivity index (χ1v) is 7.56. The van der Waals surface area contributed by atoms with Crippen molar-refractivity contribution in [3.8, 4) is 6.07 Å². The molecule has 1 heterocycles. The van der Waals surface area contributed by atoms with E-state index in [1.54, 1.807) is 0 Å². The molecular formula is C16H28N2O2. The van der Waals surface area contributed by atoms with Crippen molar-refractivity contribution in [2.75, 3.05) is 19.6 Å². The summed E-state index contributed by atoms with van der Waals surface area (Å²) in [6.07, 6.45) is 3.97. The molecule has 0 radical (unpaired) electrons. The molecule has 1 N–H and O–H groups in total. The van der Waals surface area contributed by atoms with Crippen molar-refractivity contribution in [3.05, 3.63) is 0 Å². The summed E-state index contributed by atoms with van der Waals surface area (Å²) in [4.78, 5) is 13.7. The fourth-order valence-electron chi connectivity index (χ4n) is 2.82. The largest absolute Gasteiger partial charge is 0.481 e. The summed E-state index contributed by atoms with van der Waals surface area (Å²) >= 11 is 0. The molecule has 1 fully saturated rings. The van der Waals surface area contributed by atoms with E-state index < -0.39 is 11.4 Å². The molecule has 0 spiro atoms. The number of carboxylic acids is 1. The van der Waals surface area contributed by atoms with Crippen LogP contribution in [0.25, 0.3) is 0 Å². The molecule has 114 valence electrons. The number of hydrogen-bond donors (Lipinski definition) is 1. The third-order valence-electron chi connectivity index (χ3n) is 4.66. The molecule has 1 aliphatic rings. The monoisotopic (exact) mass is 280 g/mol. The van der Waals surface area contributed by atoms with Gasteiger partial charge in [0.15, 0.2) is 0 Å². The first kappa shape index (κ1) is 17.0. The zero-order valence-corrected chi connectivity index (χ0v) is 13.3. The Morgan fingerprint density at radius 3 is 2.60 bits per heavy atom. The molecule has 4 heteroatoms. The van der Waals surface area contributed by atoms with E-state index in [1.165, 1.54) is 0 Å². The lowest BCUT2D eigenvalue weighted by molar-refractivity contribution is -0.151. The second-order valence-corrected chi connectivity index (χ2v) is 7.27. The van der Waals surface area contributed by atoms with Crippen molar-refractivity contribution in [2.45, 2.75) is 53.4 Å².